The molecule has 2 rings (SSSR count). The molecule has 0 bridgehead atoms. The van der Waals surface area contributed by atoms with Crippen LogP contribution in [-0.2, 0) is 6.42 Å². The predicted molar refractivity (Wildman–Crippen MR) is 84.4 cm³/mol. The SMILES string of the molecule is COc1ccc(C(Cl)Cc2c(F)cccc2Cl)cc1Br. The van der Waals surface area contributed by atoms with Gasteiger partial charge in [0, 0.05) is 10.6 Å². The average Bonchev–Trinajstić information content (AvgIpc) is 2.42. The third-order valence-corrected chi connectivity index (χ3v) is 4.36. The predicted octanol–water partition coefficient (Wildman–Crippen LogP) is 5.77. The number of halogens is 4. The number of rotatable bonds is 4. The van der Waals surface area contributed by atoms with Crippen molar-refractivity contribution in [2.75, 3.05) is 7.11 Å². The van der Waals surface area contributed by atoms with Crippen LogP contribution in [0.15, 0.2) is 40.9 Å². The molecule has 20 heavy (non-hydrogen) atoms. The van der Waals surface area contributed by atoms with Crippen molar-refractivity contribution in [3.63, 3.8) is 0 Å². The van der Waals surface area contributed by atoms with Gasteiger partial charge in [0.05, 0.1) is 17.0 Å². The summed E-state index contributed by atoms with van der Waals surface area (Å²) >= 11 is 15.8. The van der Waals surface area contributed by atoms with Crippen molar-refractivity contribution < 1.29 is 9.13 Å². The van der Waals surface area contributed by atoms with E-state index in [-0.39, 0.29) is 11.2 Å². The minimum atomic E-state index is -0.369. The van der Waals surface area contributed by atoms with E-state index in [1.54, 1.807) is 19.2 Å². The molecule has 0 aromatic heterocycles. The summed E-state index contributed by atoms with van der Waals surface area (Å²) in [4.78, 5) is 0. The molecule has 0 aliphatic carbocycles. The second-order valence-corrected chi connectivity index (χ2v) is 6.05. The zero-order valence-corrected chi connectivity index (χ0v) is 13.8. The van der Waals surface area contributed by atoms with Crippen molar-refractivity contribution in [2.24, 2.45) is 0 Å². The van der Waals surface area contributed by atoms with E-state index < -0.39 is 0 Å². The van der Waals surface area contributed by atoms with Gasteiger partial charge in [-0.25, -0.2) is 4.39 Å². The smallest absolute Gasteiger partial charge is 0.133 e. The van der Waals surface area contributed by atoms with Gasteiger partial charge in [0.1, 0.15) is 11.6 Å². The van der Waals surface area contributed by atoms with Crippen LogP contribution in [0.4, 0.5) is 4.39 Å². The molecule has 0 heterocycles. The van der Waals surface area contributed by atoms with E-state index in [2.05, 4.69) is 15.9 Å². The van der Waals surface area contributed by atoms with E-state index in [0.717, 1.165) is 15.8 Å². The normalized spacial score (nSPS) is 12.2. The molecule has 1 atom stereocenters. The summed E-state index contributed by atoms with van der Waals surface area (Å²) in [6, 6.07) is 10.2. The van der Waals surface area contributed by atoms with Gasteiger partial charge in [-0.15, -0.1) is 11.6 Å². The van der Waals surface area contributed by atoms with Crippen LogP contribution in [0.25, 0.3) is 0 Å². The van der Waals surface area contributed by atoms with Crippen LogP contribution in [0.3, 0.4) is 0 Å². The molecular formula is C15H12BrCl2FO. The number of benzene rings is 2. The lowest BCUT2D eigenvalue weighted by atomic mass is 10.0. The van der Waals surface area contributed by atoms with Gasteiger partial charge in [-0.05, 0) is 52.2 Å². The summed E-state index contributed by atoms with van der Waals surface area (Å²) in [6.07, 6.45) is 0.325. The number of ether oxygens (including phenoxy) is 1. The van der Waals surface area contributed by atoms with Gasteiger partial charge in [-0.2, -0.15) is 0 Å². The fourth-order valence-electron chi connectivity index (χ4n) is 1.90. The lowest BCUT2D eigenvalue weighted by Crippen LogP contribution is -2.00. The highest BCUT2D eigenvalue weighted by atomic mass is 79.9. The Morgan fingerprint density at radius 1 is 1.30 bits per heavy atom. The molecule has 0 saturated heterocycles. The second kappa shape index (κ2) is 6.79. The molecule has 0 fully saturated rings. The van der Waals surface area contributed by atoms with Crippen LogP contribution in [-0.4, -0.2) is 7.11 Å². The standard InChI is InChI=1S/C15H12BrCl2FO/c1-20-15-6-5-9(7-11(15)16)13(18)8-10-12(17)3-2-4-14(10)19/h2-7,13H,8H2,1H3. The molecule has 0 radical (unpaired) electrons. The monoisotopic (exact) mass is 376 g/mol. The lowest BCUT2D eigenvalue weighted by molar-refractivity contribution is 0.412. The Morgan fingerprint density at radius 2 is 2.05 bits per heavy atom. The van der Waals surface area contributed by atoms with Gasteiger partial charge in [0.2, 0.25) is 0 Å². The largest absolute Gasteiger partial charge is 0.496 e. The molecule has 1 nitrogen and oxygen atoms in total. The fraction of sp³-hybridized carbons (Fsp3) is 0.200. The van der Waals surface area contributed by atoms with Crippen molar-refractivity contribution in [1.29, 1.82) is 0 Å². The van der Waals surface area contributed by atoms with Gasteiger partial charge in [-0.1, -0.05) is 23.7 Å². The number of hydrogen-bond donors (Lipinski definition) is 0. The third kappa shape index (κ3) is 3.46. The van der Waals surface area contributed by atoms with Gasteiger partial charge in [0.15, 0.2) is 0 Å². The lowest BCUT2D eigenvalue weighted by Gasteiger charge is -2.13. The molecule has 0 N–H and O–H groups in total. The van der Waals surface area contributed by atoms with Crippen molar-refractivity contribution in [1.82, 2.24) is 0 Å². The molecule has 1 unspecified atom stereocenters. The zero-order chi connectivity index (χ0) is 14.7. The first-order valence-corrected chi connectivity index (χ1v) is 7.54. The van der Waals surface area contributed by atoms with Crippen LogP contribution in [0.2, 0.25) is 5.02 Å². The summed E-state index contributed by atoms with van der Waals surface area (Å²) in [5, 5.41) is 0.0230. The molecule has 0 aliphatic heterocycles. The maximum atomic E-state index is 13.8. The summed E-state index contributed by atoms with van der Waals surface area (Å²) in [6.45, 7) is 0. The number of methoxy groups -OCH3 is 1. The molecular weight excluding hydrogens is 366 g/mol. The Hall–Kier alpha value is -0.770. The maximum Gasteiger partial charge on any atom is 0.133 e. The van der Waals surface area contributed by atoms with E-state index >= 15 is 0 Å². The van der Waals surface area contributed by atoms with E-state index in [1.807, 2.05) is 18.2 Å². The van der Waals surface area contributed by atoms with E-state index in [9.17, 15) is 4.39 Å². The molecule has 0 spiro atoms. The van der Waals surface area contributed by atoms with Crippen LogP contribution in [0.1, 0.15) is 16.5 Å². The Labute approximate surface area is 135 Å². The highest BCUT2D eigenvalue weighted by Crippen LogP contribution is 2.34. The van der Waals surface area contributed by atoms with Crippen LogP contribution in [0, 0.1) is 5.82 Å². The van der Waals surface area contributed by atoms with Gasteiger partial charge in [0.25, 0.3) is 0 Å². The van der Waals surface area contributed by atoms with Crippen LogP contribution < -0.4 is 4.74 Å². The molecule has 0 aliphatic rings. The minimum Gasteiger partial charge on any atom is -0.496 e. The minimum absolute atomic E-state index is 0.325. The first-order valence-electron chi connectivity index (χ1n) is 5.93. The number of hydrogen-bond acceptors (Lipinski definition) is 1. The Morgan fingerprint density at radius 3 is 2.65 bits per heavy atom. The topological polar surface area (TPSA) is 9.23 Å². The summed E-state index contributed by atoms with van der Waals surface area (Å²) in [7, 11) is 1.59. The van der Waals surface area contributed by atoms with E-state index in [1.165, 1.54) is 6.07 Å². The summed E-state index contributed by atoms with van der Waals surface area (Å²) in [5.41, 5.74) is 1.31. The van der Waals surface area contributed by atoms with Gasteiger partial charge in [-0.3, -0.25) is 0 Å². The highest BCUT2D eigenvalue weighted by Gasteiger charge is 2.15. The van der Waals surface area contributed by atoms with Crippen LogP contribution in [0.5, 0.6) is 5.75 Å². The molecule has 2 aromatic rings. The second-order valence-electron chi connectivity index (χ2n) is 4.27. The van der Waals surface area contributed by atoms with E-state index in [0.29, 0.717) is 17.0 Å². The Bertz CT molecular complexity index is 599. The van der Waals surface area contributed by atoms with Crippen molar-refractivity contribution in [3.05, 3.63) is 62.8 Å². The number of alkyl halides is 1. The zero-order valence-electron chi connectivity index (χ0n) is 10.7. The quantitative estimate of drug-likeness (QED) is 0.614. The third-order valence-electron chi connectivity index (χ3n) is 2.98. The maximum absolute atomic E-state index is 13.8. The Kier molecular flexibility index (Phi) is 5.30. The van der Waals surface area contributed by atoms with Gasteiger partial charge >= 0.3 is 0 Å². The van der Waals surface area contributed by atoms with Crippen molar-refractivity contribution in [3.8, 4) is 5.75 Å². The van der Waals surface area contributed by atoms with E-state index in [4.69, 9.17) is 27.9 Å². The molecule has 2 aromatic carbocycles. The van der Waals surface area contributed by atoms with Crippen LogP contribution >= 0.6 is 39.1 Å². The fourth-order valence-corrected chi connectivity index (χ4v) is 2.99. The summed E-state index contributed by atoms with van der Waals surface area (Å²) < 4.78 is 19.7. The van der Waals surface area contributed by atoms with Crippen molar-refractivity contribution >= 4 is 39.1 Å². The molecule has 0 saturated carbocycles. The first kappa shape index (κ1) is 15.6. The Balaban J connectivity index is 2.24. The molecule has 5 heteroatoms. The molecule has 0 amide bonds. The first-order chi connectivity index (χ1) is 9.52. The molecule has 106 valence electrons. The average molecular weight is 378 g/mol. The summed E-state index contributed by atoms with van der Waals surface area (Å²) in [5.74, 6) is 0.386. The van der Waals surface area contributed by atoms with Crippen molar-refractivity contribution in [2.45, 2.75) is 11.8 Å². The highest BCUT2D eigenvalue weighted by molar-refractivity contribution is 9.10. The van der Waals surface area contributed by atoms with Gasteiger partial charge < -0.3 is 4.74 Å².